The molecular formula is C30H29NO6. The number of carbonyl (C=O) groups is 2. The minimum atomic E-state index is -1.07. The average molecular weight is 500 g/mol. The number of fused-ring (bicyclic) bond motifs is 1. The first-order valence-electron chi connectivity index (χ1n) is 12.2. The fourth-order valence-electron chi connectivity index (χ4n) is 3.87. The highest BCUT2D eigenvalue weighted by atomic mass is 16.5. The van der Waals surface area contributed by atoms with Crippen molar-refractivity contribution in [2.24, 2.45) is 0 Å². The fraction of sp³-hybridized carbons (Fsp3) is 0.233. The van der Waals surface area contributed by atoms with Crippen LogP contribution in [-0.2, 0) is 18.0 Å². The fourth-order valence-corrected chi connectivity index (χ4v) is 3.87. The van der Waals surface area contributed by atoms with E-state index < -0.39 is 12.1 Å². The van der Waals surface area contributed by atoms with Crippen LogP contribution in [0.25, 0.3) is 10.9 Å². The van der Waals surface area contributed by atoms with E-state index in [9.17, 15) is 14.7 Å². The van der Waals surface area contributed by atoms with Crippen LogP contribution in [0.2, 0.25) is 0 Å². The van der Waals surface area contributed by atoms with E-state index in [4.69, 9.17) is 14.2 Å². The van der Waals surface area contributed by atoms with Gasteiger partial charge in [-0.05, 0) is 55.3 Å². The van der Waals surface area contributed by atoms with E-state index in [1.54, 1.807) is 18.2 Å². The number of rotatable bonds is 12. The van der Waals surface area contributed by atoms with Gasteiger partial charge in [-0.25, -0.2) is 9.78 Å². The predicted octanol–water partition coefficient (Wildman–Crippen LogP) is 6.23. The van der Waals surface area contributed by atoms with Gasteiger partial charge in [0.05, 0.1) is 16.8 Å². The van der Waals surface area contributed by atoms with Crippen molar-refractivity contribution in [2.45, 2.75) is 46.0 Å². The lowest BCUT2D eigenvalue weighted by molar-refractivity contribution is -0.145. The molecule has 7 heteroatoms. The maximum absolute atomic E-state index is 12.0. The van der Waals surface area contributed by atoms with Crippen LogP contribution in [0.4, 0.5) is 0 Å². The van der Waals surface area contributed by atoms with Crippen molar-refractivity contribution < 1.29 is 28.9 Å². The van der Waals surface area contributed by atoms with Crippen molar-refractivity contribution in [1.82, 2.24) is 4.98 Å². The smallest absolute Gasteiger partial charge is 0.344 e. The van der Waals surface area contributed by atoms with E-state index in [1.807, 2.05) is 67.6 Å². The number of aliphatic carboxylic acids is 1. The van der Waals surface area contributed by atoms with Crippen molar-refractivity contribution >= 4 is 22.7 Å². The zero-order valence-electron chi connectivity index (χ0n) is 20.8. The Balaban J connectivity index is 1.41. The second-order valence-electron chi connectivity index (χ2n) is 8.67. The third-order valence-electron chi connectivity index (χ3n) is 5.77. The largest absolute Gasteiger partial charge is 0.489 e. The lowest BCUT2D eigenvalue weighted by Crippen LogP contribution is -2.27. The maximum Gasteiger partial charge on any atom is 0.344 e. The van der Waals surface area contributed by atoms with Crippen LogP contribution in [0.5, 0.6) is 17.2 Å². The highest BCUT2D eigenvalue weighted by molar-refractivity contribution is 5.97. The quantitative estimate of drug-likeness (QED) is 0.231. The molecular weight excluding hydrogens is 470 g/mol. The van der Waals surface area contributed by atoms with E-state index in [1.165, 1.54) is 6.92 Å². The molecule has 0 saturated heterocycles. The Morgan fingerprint density at radius 2 is 1.68 bits per heavy atom. The number of carboxylic acids is 1. The minimum absolute atomic E-state index is 0.200. The van der Waals surface area contributed by atoms with Crippen molar-refractivity contribution in [2.75, 3.05) is 0 Å². The molecule has 1 aromatic heterocycles. The lowest BCUT2D eigenvalue weighted by Gasteiger charge is -2.17. The van der Waals surface area contributed by atoms with Crippen molar-refractivity contribution in [3.05, 3.63) is 95.7 Å². The summed E-state index contributed by atoms with van der Waals surface area (Å²) in [5.74, 6) is 0.0698. The summed E-state index contributed by atoms with van der Waals surface area (Å²) in [5.41, 5.74) is 2.96. The van der Waals surface area contributed by atoms with E-state index in [0.29, 0.717) is 36.5 Å². The normalized spacial score (nSPS) is 11.6. The monoisotopic (exact) mass is 499 g/mol. The van der Waals surface area contributed by atoms with Gasteiger partial charge in [0.2, 0.25) is 0 Å². The van der Waals surface area contributed by atoms with Gasteiger partial charge in [-0.2, -0.15) is 0 Å². The molecule has 0 saturated carbocycles. The molecule has 7 nitrogen and oxygen atoms in total. The zero-order valence-corrected chi connectivity index (χ0v) is 20.8. The summed E-state index contributed by atoms with van der Waals surface area (Å²) in [7, 11) is 0. The highest BCUT2D eigenvalue weighted by Gasteiger charge is 2.21. The Morgan fingerprint density at radius 1 is 0.892 bits per heavy atom. The molecule has 0 bridgehead atoms. The van der Waals surface area contributed by atoms with Gasteiger partial charge >= 0.3 is 5.97 Å². The van der Waals surface area contributed by atoms with Gasteiger partial charge < -0.3 is 19.3 Å². The molecule has 0 aliphatic rings. The number of ether oxygens (including phenoxy) is 3. The topological polar surface area (TPSA) is 95.0 Å². The number of benzene rings is 3. The summed E-state index contributed by atoms with van der Waals surface area (Å²) in [6, 6.07) is 24.3. The van der Waals surface area contributed by atoms with Crippen LogP contribution in [0.1, 0.15) is 48.3 Å². The second-order valence-corrected chi connectivity index (χ2v) is 8.67. The molecule has 190 valence electrons. The molecule has 0 amide bonds. The number of para-hydroxylation sites is 1. The van der Waals surface area contributed by atoms with Crippen LogP contribution in [0.15, 0.2) is 78.9 Å². The maximum atomic E-state index is 12.0. The van der Waals surface area contributed by atoms with Crippen LogP contribution in [-0.4, -0.2) is 27.9 Å². The first-order chi connectivity index (χ1) is 17.9. The number of carboxylic acid groups (broad SMARTS) is 1. The SMILES string of the molecule is CCCC(Oc1cc(OCc2cccc(OCc3ccc4ccccc4n3)c2)ccc1C(C)=O)C(=O)O. The molecule has 1 N–H and O–H groups in total. The molecule has 4 rings (SSSR count). The zero-order chi connectivity index (χ0) is 26.2. The van der Waals surface area contributed by atoms with Gasteiger partial charge in [0, 0.05) is 11.5 Å². The Kier molecular flexibility index (Phi) is 8.36. The molecule has 1 unspecified atom stereocenters. The molecule has 0 spiro atoms. The van der Waals surface area contributed by atoms with E-state index in [0.717, 1.165) is 22.2 Å². The molecule has 0 aliphatic heterocycles. The van der Waals surface area contributed by atoms with Gasteiger partial charge in [0.15, 0.2) is 11.9 Å². The van der Waals surface area contributed by atoms with Crippen LogP contribution < -0.4 is 14.2 Å². The molecule has 0 fully saturated rings. The number of aromatic nitrogens is 1. The van der Waals surface area contributed by atoms with Gasteiger partial charge in [0.25, 0.3) is 0 Å². The third-order valence-corrected chi connectivity index (χ3v) is 5.77. The van der Waals surface area contributed by atoms with E-state index >= 15 is 0 Å². The molecule has 3 aromatic carbocycles. The number of carbonyl (C=O) groups excluding carboxylic acids is 1. The van der Waals surface area contributed by atoms with E-state index in [2.05, 4.69) is 4.98 Å². The number of nitrogens with zero attached hydrogens (tertiary/aromatic N) is 1. The summed E-state index contributed by atoms with van der Waals surface area (Å²) in [4.78, 5) is 28.2. The highest BCUT2D eigenvalue weighted by Crippen LogP contribution is 2.28. The Morgan fingerprint density at radius 3 is 2.46 bits per heavy atom. The molecule has 0 aliphatic carbocycles. The van der Waals surface area contributed by atoms with Crippen molar-refractivity contribution in [3.8, 4) is 17.2 Å². The Hall–Kier alpha value is -4.39. The minimum Gasteiger partial charge on any atom is -0.489 e. The summed E-state index contributed by atoms with van der Waals surface area (Å²) < 4.78 is 17.6. The summed E-state index contributed by atoms with van der Waals surface area (Å²) in [6.07, 6.45) is -0.0683. The molecule has 37 heavy (non-hydrogen) atoms. The summed E-state index contributed by atoms with van der Waals surface area (Å²) in [5, 5.41) is 10.5. The number of ketones is 1. The summed E-state index contributed by atoms with van der Waals surface area (Å²) >= 11 is 0. The standard InChI is InChI=1S/C30H29NO6/c1-3-7-28(30(33)34)37-29-17-25(14-15-26(29)20(2)32)35-18-21-8-6-10-24(16-21)36-19-23-13-12-22-9-4-5-11-27(22)31-23/h4-6,8-17,28H,3,7,18-19H2,1-2H3,(H,33,34). The number of Topliss-reactive ketones (excluding diaryl/α,β-unsaturated/α-hetero) is 1. The van der Waals surface area contributed by atoms with Gasteiger partial charge in [-0.1, -0.05) is 49.7 Å². The first-order valence-corrected chi connectivity index (χ1v) is 12.2. The van der Waals surface area contributed by atoms with Gasteiger partial charge in [-0.3, -0.25) is 4.79 Å². The van der Waals surface area contributed by atoms with E-state index in [-0.39, 0.29) is 18.1 Å². The predicted molar refractivity (Wildman–Crippen MR) is 140 cm³/mol. The lowest BCUT2D eigenvalue weighted by atomic mass is 10.1. The molecule has 0 radical (unpaired) electrons. The van der Waals surface area contributed by atoms with Crippen molar-refractivity contribution in [1.29, 1.82) is 0 Å². The molecule has 1 atom stereocenters. The average Bonchev–Trinajstić information content (AvgIpc) is 2.90. The Bertz CT molecular complexity index is 1400. The van der Waals surface area contributed by atoms with Crippen molar-refractivity contribution in [3.63, 3.8) is 0 Å². The van der Waals surface area contributed by atoms with Gasteiger partial charge in [0.1, 0.15) is 30.5 Å². The van der Waals surface area contributed by atoms with Crippen LogP contribution >= 0.6 is 0 Å². The van der Waals surface area contributed by atoms with Crippen LogP contribution in [0, 0.1) is 0 Å². The number of pyridine rings is 1. The number of hydrogen-bond donors (Lipinski definition) is 1. The Labute approximate surface area is 215 Å². The number of hydrogen-bond acceptors (Lipinski definition) is 6. The third kappa shape index (κ3) is 6.85. The molecule has 1 heterocycles. The summed E-state index contributed by atoms with van der Waals surface area (Å²) in [6.45, 7) is 3.88. The first kappa shape index (κ1) is 25.7. The molecule has 4 aromatic rings. The van der Waals surface area contributed by atoms with Gasteiger partial charge in [-0.15, -0.1) is 0 Å². The van der Waals surface area contributed by atoms with Crippen LogP contribution in [0.3, 0.4) is 0 Å². The second kappa shape index (κ2) is 12.0.